The second-order valence-corrected chi connectivity index (χ2v) is 4.71. The smallest absolute Gasteiger partial charge is 0.164 e. The summed E-state index contributed by atoms with van der Waals surface area (Å²) in [6, 6.07) is 3.65. The lowest BCUT2D eigenvalue weighted by Gasteiger charge is -2.36. The van der Waals surface area contributed by atoms with Crippen molar-refractivity contribution >= 4 is 0 Å². The van der Waals surface area contributed by atoms with Gasteiger partial charge in [-0.1, -0.05) is 31.4 Å². The first-order chi connectivity index (χ1) is 8.04. The summed E-state index contributed by atoms with van der Waals surface area (Å²) >= 11 is 0. The van der Waals surface area contributed by atoms with E-state index in [-0.39, 0.29) is 5.56 Å². The van der Waals surface area contributed by atoms with Crippen LogP contribution >= 0.6 is 0 Å². The minimum Gasteiger partial charge on any atom is -0.387 e. The number of rotatable bonds is 2. The van der Waals surface area contributed by atoms with Gasteiger partial charge in [-0.15, -0.1) is 0 Å². The van der Waals surface area contributed by atoms with Crippen LogP contribution in [0.1, 0.15) is 43.8 Å². The third-order valence-corrected chi connectivity index (χ3v) is 3.50. The quantitative estimate of drug-likeness (QED) is 0.837. The molecule has 4 heteroatoms. The first-order valence-electron chi connectivity index (χ1n) is 5.89. The summed E-state index contributed by atoms with van der Waals surface area (Å²) in [4.78, 5) is 0. The van der Waals surface area contributed by atoms with Gasteiger partial charge in [-0.05, 0) is 18.9 Å². The zero-order chi connectivity index (χ0) is 12.5. The zero-order valence-corrected chi connectivity index (χ0v) is 9.50. The predicted molar refractivity (Wildman–Crippen MR) is 59.4 cm³/mol. The van der Waals surface area contributed by atoms with Gasteiger partial charge in [-0.25, -0.2) is 8.78 Å². The van der Waals surface area contributed by atoms with Gasteiger partial charge >= 0.3 is 0 Å². The fraction of sp³-hybridized carbons (Fsp3) is 0.538. The maximum atomic E-state index is 13.5. The van der Waals surface area contributed by atoms with Crippen molar-refractivity contribution < 1.29 is 19.0 Å². The van der Waals surface area contributed by atoms with E-state index in [1.165, 1.54) is 12.1 Å². The van der Waals surface area contributed by atoms with E-state index in [0.717, 1.165) is 25.3 Å². The van der Waals surface area contributed by atoms with Crippen molar-refractivity contribution in [3.63, 3.8) is 0 Å². The van der Waals surface area contributed by atoms with Crippen LogP contribution < -0.4 is 0 Å². The van der Waals surface area contributed by atoms with Gasteiger partial charge in [0.15, 0.2) is 11.6 Å². The van der Waals surface area contributed by atoms with E-state index in [0.29, 0.717) is 12.8 Å². The zero-order valence-electron chi connectivity index (χ0n) is 9.50. The molecule has 2 rings (SSSR count). The molecule has 0 aliphatic heterocycles. The van der Waals surface area contributed by atoms with Gasteiger partial charge in [0, 0.05) is 5.56 Å². The molecule has 1 unspecified atom stereocenters. The van der Waals surface area contributed by atoms with Crippen molar-refractivity contribution in [2.75, 3.05) is 0 Å². The summed E-state index contributed by atoms with van der Waals surface area (Å²) in [6.07, 6.45) is 2.07. The molecular weight excluding hydrogens is 226 g/mol. The van der Waals surface area contributed by atoms with Crippen molar-refractivity contribution in [1.29, 1.82) is 0 Å². The number of aliphatic hydroxyl groups excluding tert-OH is 1. The van der Waals surface area contributed by atoms with E-state index in [1.807, 2.05) is 0 Å². The molecule has 0 amide bonds. The van der Waals surface area contributed by atoms with Crippen LogP contribution in [0.2, 0.25) is 0 Å². The molecule has 1 saturated carbocycles. The topological polar surface area (TPSA) is 40.5 Å². The van der Waals surface area contributed by atoms with Crippen molar-refractivity contribution in [1.82, 2.24) is 0 Å². The van der Waals surface area contributed by atoms with Crippen molar-refractivity contribution in [2.24, 2.45) is 0 Å². The van der Waals surface area contributed by atoms with E-state index >= 15 is 0 Å². The molecule has 0 heterocycles. The first kappa shape index (κ1) is 12.5. The summed E-state index contributed by atoms with van der Waals surface area (Å²) in [5.74, 6) is -2.07. The molecule has 1 fully saturated rings. The average molecular weight is 242 g/mol. The van der Waals surface area contributed by atoms with Crippen LogP contribution in [0.4, 0.5) is 8.78 Å². The maximum absolute atomic E-state index is 13.5. The molecule has 1 aliphatic rings. The Hall–Kier alpha value is -1.00. The van der Waals surface area contributed by atoms with Crippen LogP contribution in [-0.2, 0) is 0 Å². The Morgan fingerprint density at radius 2 is 1.76 bits per heavy atom. The molecule has 1 aromatic rings. The fourth-order valence-electron chi connectivity index (χ4n) is 2.46. The summed E-state index contributed by atoms with van der Waals surface area (Å²) < 4.78 is 26.6. The molecule has 0 radical (unpaired) electrons. The second-order valence-electron chi connectivity index (χ2n) is 4.71. The van der Waals surface area contributed by atoms with Gasteiger partial charge in [0.05, 0.1) is 5.60 Å². The summed E-state index contributed by atoms with van der Waals surface area (Å²) in [7, 11) is 0. The van der Waals surface area contributed by atoms with E-state index in [4.69, 9.17) is 0 Å². The minimum atomic E-state index is -1.36. The van der Waals surface area contributed by atoms with Crippen LogP contribution in [0.25, 0.3) is 0 Å². The lowest BCUT2D eigenvalue weighted by Crippen LogP contribution is -2.38. The highest BCUT2D eigenvalue weighted by molar-refractivity contribution is 5.24. The van der Waals surface area contributed by atoms with E-state index < -0.39 is 23.3 Å². The first-order valence-corrected chi connectivity index (χ1v) is 5.89. The fourth-order valence-corrected chi connectivity index (χ4v) is 2.46. The highest BCUT2D eigenvalue weighted by Crippen LogP contribution is 2.39. The molecule has 2 N–H and O–H groups in total. The lowest BCUT2D eigenvalue weighted by molar-refractivity contribution is -0.100. The van der Waals surface area contributed by atoms with Gasteiger partial charge in [0.1, 0.15) is 6.10 Å². The number of aliphatic hydroxyl groups is 2. The van der Waals surface area contributed by atoms with Crippen molar-refractivity contribution in [2.45, 2.75) is 43.8 Å². The van der Waals surface area contributed by atoms with E-state index in [9.17, 15) is 19.0 Å². The Bertz CT molecular complexity index is 400. The average Bonchev–Trinajstić information content (AvgIpc) is 2.33. The van der Waals surface area contributed by atoms with Gasteiger partial charge in [0.2, 0.25) is 0 Å². The van der Waals surface area contributed by atoms with Gasteiger partial charge in [0.25, 0.3) is 0 Å². The Morgan fingerprint density at radius 3 is 2.41 bits per heavy atom. The molecule has 2 nitrogen and oxygen atoms in total. The summed E-state index contributed by atoms with van der Waals surface area (Å²) in [5, 5.41) is 20.3. The highest BCUT2D eigenvalue weighted by Gasteiger charge is 2.39. The summed E-state index contributed by atoms with van der Waals surface area (Å²) in [6.45, 7) is 0. The number of hydrogen-bond donors (Lipinski definition) is 2. The maximum Gasteiger partial charge on any atom is 0.164 e. The molecule has 1 atom stereocenters. The monoisotopic (exact) mass is 242 g/mol. The third kappa shape index (κ3) is 2.33. The standard InChI is InChI=1S/C13H16F2O2/c14-10-6-4-5-9(11(10)15)12(16)13(17)7-2-1-3-8-13/h4-6,12,16-17H,1-3,7-8H2. The van der Waals surface area contributed by atoms with Gasteiger partial charge in [-0.3, -0.25) is 0 Å². The lowest BCUT2D eigenvalue weighted by atomic mass is 9.78. The molecule has 1 aliphatic carbocycles. The van der Waals surface area contributed by atoms with Gasteiger partial charge in [-0.2, -0.15) is 0 Å². The molecular formula is C13H16F2O2. The molecule has 0 saturated heterocycles. The van der Waals surface area contributed by atoms with Crippen LogP contribution in [0.3, 0.4) is 0 Å². The van der Waals surface area contributed by atoms with Crippen LogP contribution in [0.5, 0.6) is 0 Å². The number of benzene rings is 1. The Labute approximate surface area is 98.9 Å². The highest BCUT2D eigenvalue weighted by atomic mass is 19.2. The Balaban J connectivity index is 2.29. The molecule has 0 spiro atoms. The van der Waals surface area contributed by atoms with Crippen molar-refractivity contribution in [3.05, 3.63) is 35.4 Å². The predicted octanol–water partition coefficient (Wildman–Crippen LogP) is 2.69. The third-order valence-electron chi connectivity index (χ3n) is 3.50. The molecule has 94 valence electrons. The molecule has 0 aromatic heterocycles. The van der Waals surface area contributed by atoms with Crippen LogP contribution in [0.15, 0.2) is 18.2 Å². The van der Waals surface area contributed by atoms with Crippen LogP contribution in [0, 0.1) is 11.6 Å². The minimum absolute atomic E-state index is 0.158. The number of hydrogen-bond acceptors (Lipinski definition) is 2. The molecule has 1 aromatic carbocycles. The van der Waals surface area contributed by atoms with E-state index in [1.54, 1.807) is 0 Å². The van der Waals surface area contributed by atoms with Crippen molar-refractivity contribution in [3.8, 4) is 0 Å². The van der Waals surface area contributed by atoms with Crippen LogP contribution in [-0.4, -0.2) is 15.8 Å². The Kier molecular flexibility index (Phi) is 3.45. The SMILES string of the molecule is OC(c1cccc(F)c1F)C1(O)CCCCC1. The largest absolute Gasteiger partial charge is 0.387 e. The van der Waals surface area contributed by atoms with E-state index in [2.05, 4.69) is 0 Å². The number of halogens is 2. The second kappa shape index (κ2) is 4.70. The molecule has 0 bridgehead atoms. The molecule has 17 heavy (non-hydrogen) atoms. The summed E-state index contributed by atoms with van der Waals surface area (Å²) in [5.41, 5.74) is -1.48. The Morgan fingerprint density at radius 1 is 1.12 bits per heavy atom. The normalized spacial score (nSPS) is 21.2. The van der Waals surface area contributed by atoms with Gasteiger partial charge < -0.3 is 10.2 Å².